The quantitative estimate of drug-likeness (QED) is 0.831. The fourth-order valence-electron chi connectivity index (χ4n) is 2.91. The van der Waals surface area contributed by atoms with E-state index >= 15 is 0 Å². The highest BCUT2D eigenvalue weighted by atomic mass is 16.5. The Balaban J connectivity index is 1.59. The summed E-state index contributed by atoms with van der Waals surface area (Å²) in [4.78, 5) is 16.4. The fourth-order valence-corrected chi connectivity index (χ4v) is 2.91. The third-order valence-corrected chi connectivity index (χ3v) is 4.18. The number of hydrogen-bond acceptors (Lipinski definition) is 5. The minimum atomic E-state index is -0.268. The van der Waals surface area contributed by atoms with Gasteiger partial charge in [-0.15, -0.1) is 0 Å². The van der Waals surface area contributed by atoms with Crippen LogP contribution < -0.4 is 10.6 Å². The Labute approximate surface area is 146 Å². The van der Waals surface area contributed by atoms with Crippen LogP contribution in [0, 0.1) is 0 Å². The number of methoxy groups -OCH3 is 1. The molecule has 3 rings (SSSR count). The largest absolute Gasteiger partial charge is 0.384 e. The normalized spacial score (nSPS) is 19.8. The number of carbonyl (C=O) groups is 1. The predicted octanol–water partition coefficient (Wildman–Crippen LogP) is 1.66. The van der Waals surface area contributed by atoms with Gasteiger partial charge >= 0.3 is 6.03 Å². The maximum atomic E-state index is 12.4. The van der Waals surface area contributed by atoms with Gasteiger partial charge < -0.3 is 14.8 Å². The number of urea groups is 1. The molecule has 0 unspecified atom stereocenters. The molecular formula is C17H23N5O3. The molecule has 134 valence electrons. The molecule has 3 heterocycles. The molecular weight excluding hydrogens is 322 g/mol. The summed E-state index contributed by atoms with van der Waals surface area (Å²) in [6, 6.07) is 5.32. The topological polar surface area (TPSA) is 90.3 Å². The summed E-state index contributed by atoms with van der Waals surface area (Å²) in [7, 11) is 3.45. The third kappa shape index (κ3) is 4.34. The number of rotatable bonds is 6. The van der Waals surface area contributed by atoms with Crippen LogP contribution in [0.5, 0.6) is 0 Å². The van der Waals surface area contributed by atoms with Gasteiger partial charge in [-0.1, -0.05) is 0 Å². The molecule has 0 radical (unpaired) electrons. The monoisotopic (exact) mass is 345 g/mol. The van der Waals surface area contributed by atoms with Gasteiger partial charge in [-0.05, 0) is 24.1 Å². The molecule has 1 fully saturated rings. The van der Waals surface area contributed by atoms with E-state index in [9.17, 15) is 4.79 Å². The van der Waals surface area contributed by atoms with E-state index in [4.69, 9.17) is 9.47 Å². The fraction of sp³-hybridized carbons (Fsp3) is 0.471. The smallest absolute Gasteiger partial charge is 0.320 e. The van der Waals surface area contributed by atoms with Crippen molar-refractivity contribution in [2.24, 2.45) is 7.05 Å². The molecule has 2 aromatic heterocycles. The lowest BCUT2D eigenvalue weighted by Gasteiger charge is -2.20. The minimum Gasteiger partial charge on any atom is -0.384 e. The molecule has 8 heteroatoms. The summed E-state index contributed by atoms with van der Waals surface area (Å²) in [5.41, 5.74) is 1.89. The van der Waals surface area contributed by atoms with E-state index in [0.717, 1.165) is 17.7 Å². The lowest BCUT2D eigenvalue weighted by molar-refractivity contribution is 0.100. The molecule has 1 saturated heterocycles. The zero-order valence-electron chi connectivity index (χ0n) is 14.4. The number of ether oxygens (including phenoxy) is 2. The third-order valence-electron chi connectivity index (χ3n) is 4.18. The number of aryl methyl sites for hydroxylation is 1. The number of amides is 2. The van der Waals surface area contributed by atoms with Crippen molar-refractivity contribution in [3.05, 3.63) is 41.9 Å². The Morgan fingerprint density at radius 1 is 1.44 bits per heavy atom. The Morgan fingerprint density at radius 3 is 3.00 bits per heavy atom. The second kappa shape index (κ2) is 8.09. The lowest BCUT2D eigenvalue weighted by Crippen LogP contribution is -2.39. The van der Waals surface area contributed by atoms with Crippen molar-refractivity contribution in [3.63, 3.8) is 0 Å². The van der Waals surface area contributed by atoms with Crippen LogP contribution in [0.25, 0.3) is 0 Å². The zero-order valence-corrected chi connectivity index (χ0v) is 14.4. The summed E-state index contributed by atoms with van der Waals surface area (Å²) < 4.78 is 12.5. The summed E-state index contributed by atoms with van der Waals surface area (Å²) in [5, 5.41) is 10.2. The number of nitrogens with one attached hydrogen (secondary N) is 2. The van der Waals surface area contributed by atoms with Crippen LogP contribution in [0.15, 0.2) is 30.6 Å². The van der Waals surface area contributed by atoms with Crippen molar-refractivity contribution < 1.29 is 14.3 Å². The van der Waals surface area contributed by atoms with Gasteiger partial charge in [0.2, 0.25) is 0 Å². The number of nitrogens with zero attached hydrogens (tertiary/aromatic N) is 3. The van der Waals surface area contributed by atoms with E-state index in [1.807, 2.05) is 18.2 Å². The average molecular weight is 345 g/mol. The van der Waals surface area contributed by atoms with Crippen LogP contribution >= 0.6 is 0 Å². The first kappa shape index (κ1) is 17.4. The van der Waals surface area contributed by atoms with Crippen molar-refractivity contribution in [2.45, 2.75) is 25.0 Å². The second-order valence-corrected chi connectivity index (χ2v) is 5.95. The van der Waals surface area contributed by atoms with Crippen molar-refractivity contribution in [1.29, 1.82) is 0 Å². The van der Waals surface area contributed by atoms with Crippen LogP contribution in [-0.4, -0.2) is 47.2 Å². The standard InChI is InChI=1S/C17H23N5O3/c1-22-15(11-13(21-22)5-9-24-2)20-17(23)19-14-6-10-25-16(14)12-3-7-18-8-4-12/h3-4,7-8,11,14,16H,5-6,9-10H2,1-2H3,(H2,19,20,23)/t14-,16+/m1/s1. The molecule has 2 N–H and O–H groups in total. The molecule has 25 heavy (non-hydrogen) atoms. The summed E-state index contributed by atoms with van der Waals surface area (Å²) in [6.45, 7) is 1.21. The van der Waals surface area contributed by atoms with Gasteiger partial charge in [0.15, 0.2) is 0 Å². The van der Waals surface area contributed by atoms with E-state index in [1.54, 1.807) is 31.2 Å². The number of anilines is 1. The molecule has 1 aliphatic heterocycles. The molecule has 1 aliphatic rings. The van der Waals surface area contributed by atoms with Crippen LogP contribution in [-0.2, 0) is 22.9 Å². The molecule has 0 aliphatic carbocycles. The first-order valence-electron chi connectivity index (χ1n) is 8.28. The Bertz CT molecular complexity index is 704. The Morgan fingerprint density at radius 2 is 2.24 bits per heavy atom. The van der Waals surface area contributed by atoms with Gasteiger partial charge in [-0.3, -0.25) is 15.0 Å². The number of aromatic nitrogens is 3. The van der Waals surface area contributed by atoms with Crippen molar-refractivity contribution >= 4 is 11.8 Å². The summed E-state index contributed by atoms with van der Waals surface area (Å²) >= 11 is 0. The highest BCUT2D eigenvalue weighted by molar-refractivity contribution is 5.88. The predicted molar refractivity (Wildman–Crippen MR) is 92.3 cm³/mol. The van der Waals surface area contributed by atoms with E-state index < -0.39 is 0 Å². The lowest BCUT2D eigenvalue weighted by atomic mass is 10.0. The molecule has 0 saturated carbocycles. The highest BCUT2D eigenvalue weighted by Gasteiger charge is 2.31. The molecule has 2 atom stereocenters. The van der Waals surface area contributed by atoms with Crippen molar-refractivity contribution in [3.8, 4) is 0 Å². The van der Waals surface area contributed by atoms with Crippen LogP contribution in [0.3, 0.4) is 0 Å². The summed E-state index contributed by atoms with van der Waals surface area (Å²) in [6.07, 6.45) is 4.77. The van der Waals surface area contributed by atoms with E-state index in [2.05, 4.69) is 20.7 Å². The highest BCUT2D eigenvalue weighted by Crippen LogP contribution is 2.28. The average Bonchev–Trinajstić information content (AvgIpc) is 3.20. The first-order valence-corrected chi connectivity index (χ1v) is 8.28. The van der Waals surface area contributed by atoms with Gasteiger partial charge in [0.1, 0.15) is 11.9 Å². The number of carbonyl (C=O) groups excluding carboxylic acids is 1. The summed E-state index contributed by atoms with van der Waals surface area (Å²) in [5.74, 6) is 0.642. The maximum Gasteiger partial charge on any atom is 0.320 e. The Kier molecular flexibility index (Phi) is 5.62. The number of hydrogen-bond donors (Lipinski definition) is 2. The molecule has 8 nitrogen and oxygen atoms in total. The molecule has 2 amide bonds. The SMILES string of the molecule is COCCc1cc(NC(=O)N[C@@H]2CCO[C@H]2c2ccncc2)n(C)n1. The minimum absolute atomic E-state index is 0.0800. The number of pyridine rings is 1. The van der Waals surface area contributed by atoms with Crippen molar-refractivity contribution in [1.82, 2.24) is 20.1 Å². The van der Waals surface area contributed by atoms with Gasteiger partial charge in [0.25, 0.3) is 0 Å². The maximum absolute atomic E-state index is 12.4. The van der Waals surface area contributed by atoms with Gasteiger partial charge in [-0.25, -0.2) is 4.79 Å². The van der Waals surface area contributed by atoms with Gasteiger partial charge in [0.05, 0.1) is 18.3 Å². The van der Waals surface area contributed by atoms with E-state index in [0.29, 0.717) is 25.5 Å². The van der Waals surface area contributed by atoms with E-state index in [1.165, 1.54) is 0 Å². The molecule has 2 aromatic rings. The van der Waals surface area contributed by atoms with Gasteiger partial charge in [0, 0.05) is 45.6 Å². The van der Waals surface area contributed by atoms with Gasteiger partial charge in [-0.2, -0.15) is 5.10 Å². The zero-order chi connectivity index (χ0) is 17.6. The second-order valence-electron chi connectivity index (χ2n) is 5.95. The Hall–Kier alpha value is -2.45. The molecule has 0 spiro atoms. The first-order chi connectivity index (χ1) is 12.2. The van der Waals surface area contributed by atoms with Crippen molar-refractivity contribution in [2.75, 3.05) is 25.6 Å². The molecule has 0 bridgehead atoms. The van der Waals surface area contributed by atoms with E-state index in [-0.39, 0.29) is 18.2 Å². The van der Waals surface area contributed by atoms with Crippen LogP contribution in [0.2, 0.25) is 0 Å². The van der Waals surface area contributed by atoms with Crippen LogP contribution in [0.4, 0.5) is 10.6 Å². The van der Waals surface area contributed by atoms with Crippen LogP contribution in [0.1, 0.15) is 23.8 Å². The molecule has 0 aromatic carbocycles.